The van der Waals surface area contributed by atoms with Gasteiger partial charge >= 0.3 is 0 Å². The zero-order valence-electron chi connectivity index (χ0n) is 10.3. The van der Waals surface area contributed by atoms with Crippen LogP contribution in [0.25, 0.3) is 0 Å². The first kappa shape index (κ1) is 12.6. The summed E-state index contributed by atoms with van der Waals surface area (Å²) in [5.41, 5.74) is 0.662. The minimum atomic E-state index is -0.442. The number of aromatic hydroxyl groups is 1. The van der Waals surface area contributed by atoms with Crippen LogP contribution in [0.5, 0.6) is 5.75 Å². The molecule has 5 heteroatoms. The zero-order valence-corrected chi connectivity index (χ0v) is 10.3. The molecule has 2 atom stereocenters. The van der Waals surface area contributed by atoms with Crippen LogP contribution in [0.1, 0.15) is 37.3 Å². The smallest absolute Gasteiger partial charge is 0.126 e. The van der Waals surface area contributed by atoms with E-state index in [-0.39, 0.29) is 17.8 Å². The molecule has 2 aromatic rings. The third-order valence-electron chi connectivity index (χ3n) is 2.89. The monoisotopic (exact) mass is 249 g/mol. The average Bonchev–Trinajstić information content (AvgIpc) is 2.81. The number of nitrogens with zero attached hydrogens (tertiary/aromatic N) is 1. The number of hydrogen-bond acceptors (Lipinski definition) is 3. The standard InChI is InChI=1S/C13H16FN3O/c1-8(11-4-3-10(14)7-12(11)18)17-9(2)13-15-5-6-16-13/h3-9,17-18H,1-2H3,(H,15,16). The average molecular weight is 249 g/mol. The molecule has 0 bridgehead atoms. The fourth-order valence-electron chi connectivity index (χ4n) is 1.94. The topological polar surface area (TPSA) is 60.9 Å². The Kier molecular flexibility index (Phi) is 3.62. The predicted octanol–water partition coefficient (Wildman–Crippen LogP) is 2.67. The van der Waals surface area contributed by atoms with Gasteiger partial charge in [0.2, 0.25) is 0 Å². The van der Waals surface area contributed by atoms with E-state index in [2.05, 4.69) is 15.3 Å². The lowest BCUT2D eigenvalue weighted by Gasteiger charge is -2.19. The summed E-state index contributed by atoms with van der Waals surface area (Å²) in [6.07, 6.45) is 3.45. The van der Waals surface area contributed by atoms with Crippen molar-refractivity contribution in [2.45, 2.75) is 25.9 Å². The molecule has 1 aromatic heterocycles. The number of hydrogen-bond donors (Lipinski definition) is 3. The first-order valence-electron chi connectivity index (χ1n) is 5.81. The van der Waals surface area contributed by atoms with Gasteiger partial charge in [-0.15, -0.1) is 0 Å². The molecule has 3 N–H and O–H groups in total. The van der Waals surface area contributed by atoms with Crippen LogP contribution < -0.4 is 5.32 Å². The molecule has 0 aliphatic heterocycles. The molecule has 18 heavy (non-hydrogen) atoms. The fourth-order valence-corrected chi connectivity index (χ4v) is 1.94. The molecule has 2 unspecified atom stereocenters. The summed E-state index contributed by atoms with van der Waals surface area (Å²) >= 11 is 0. The van der Waals surface area contributed by atoms with Gasteiger partial charge in [0.15, 0.2) is 0 Å². The Hall–Kier alpha value is -1.88. The molecule has 0 radical (unpaired) electrons. The van der Waals surface area contributed by atoms with Gasteiger partial charge in [-0.05, 0) is 19.9 Å². The number of H-pyrrole nitrogens is 1. The number of halogens is 1. The van der Waals surface area contributed by atoms with E-state index in [1.54, 1.807) is 18.5 Å². The molecule has 2 rings (SSSR count). The zero-order chi connectivity index (χ0) is 13.1. The van der Waals surface area contributed by atoms with Gasteiger partial charge in [-0.3, -0.25) is 0 Å². The number of phenols is 1. The molecule has 0 amide bonds. The maximum Gasteiger partial charge on any atom is 0.126 e. The van der Waals surface area contributed by atoms with Crippen LogP contribution in [0.2, 0.25) is 0 Å². The molecular weight excluding hydrogens is 233 g/mol. The summed E-state index contributed by atoms with van der Waals surface area (Å²) in [7, 11) is 0. The van der Waals surface area contributed by atoms with Gasteiger partial charge in [-0.25, -0.2) is 9.37 Å². The second-order valence-corrected chi connectivity index (χ2v) is 4.29. The van der Waals surface area contributed by atoms with Gasteiger partial charge in [-0.1, -0.05) is 6.07 Å². The molecule has 0 aliphatic carbocycles. The SMILES string of the molecule is CC(NC(C)c1ccc(F)cc1O)c1ncc[nH]1. The third-order valence-corrected chi connectivity index (χ3v) is 2.89. The van der Waals surface area contributed by atoms with E-state index in [4.69, 9.17) is 0 Å². The number of aromatic nitrogens is 2. The highest BCUT2D eigenvalue weighted by Crippen LogP contribution is 2.26. The quantitative estimate of drug-likeness (QED) is 0.780. The van der Waals surface area contributed by atoms with Crippen molar-refractivity contribution >= 4 is 0 Å². The lowest BCUT2D eigenvalue weighted by Crippen LogP contribution is -2.23. The molecule has 0 fully saturated rings. The van der Waals surface area contributed by atoms with Crippen LogP contribution >= 0.6 is 0 Å². The Morgan fingerprint density at radius 1 is 1.33 bits per heavy atom. The van der Waals surface area contributed by atoms with E-state index in [1.165, 1.54) is 6.07 Å². The first-order chi connectivity index (χ1) is 8.58. The van der Waals surface area contributed by atoms with Gasteiger partial charge in [0, 0.05) is 30.1 Å². The predicted molar refractivity (Wildman–Crippen MR) is 66.6 cm³/mol. The Labute approximate surface area is 105 Å². The normalized spacial score (nSPS) is 14.4. The van der Waals surface area contributed by atoms with Crippen molar-refractivity contribution < 1.29 is 9.50 Å². The third kappa shape index (κ3) is 2.68. The molecule has 0 aliphatic rings. The van der Waals surface area contributed by atoms with Crippen molar-refractivity contribution in [1.82, 2.24) is 15.3 Å². The lowest BCUT2D eigenvalue weighted by atomic mass is 10.1. The van der Waals surface area contributed by atoms with Crippen molar-refractivity contribution in [3.63, 3.8) is 0 Å². The Balaban J connectivity index is 2.10. The molecule has 0 saturated heterocycles. The minimum absolute atomic E-state index is 0.0134. The van der Waals surface area contributed by atoms with Gasteiger partial charge in [0.25, 0.3) is 0 Å². The largest absolute Gasteiger partial charge is 0.508 e. The summed E-state index contributed by atoms with van der Waals surface area (Å²) in [5, 5.41) is 13.0. The maximum atomic E-state index is 12.9. The van der Waals surface area contributed by atoms with Gasteiger partial charge in [0.1, 0.15) is 17.4 Å². The fraction of sp³-hybridized carbons (Fsp3) is 0.308. The molecule has 0 saturated carbocycles. The van der Waals surface area contributed by atoms with Crippen LogP contribution in [0.4, 0.5) is 4.39 Å². The highest BCUT2D eigenvalue weighted by molar-refractivity contribution is 5.35. The van der Waals surface area contributed by atoms with Crippen LogP contribution in [0.3, 0.4) is 0 Å². The van der Waals surface area contributed by atoms with Crippen molar-refractivity contribution in [3.8, 4) is 5.75 Å². The van der Waals surface area contributed by atoms with Crippen LogP contribution in [-0.4, -0.2) is 15.1 Å². The molecule has 1 heterocycles. The van der Waals surface area contributed by atoms with E-state index < -0.39 is 5.82 Å². The van der Waals surface area contributed by atoms with E-state index in [0.717, 1.165) is 11.9 Å². The Morgan fingerprint density at radius 2 is 2.11 bits per heavy atom. The van der Waals surface area contributed by atoms with E-state index in [1.807, 2.05) is 13.8 Å². The lowest BCUT2D eigenvalue weighted by molar-refractivity contribution is 0.430. The highest BCUT2D eigenvalue weighted by atomic mass is 19.1. The summed E-state index contributed by atoms with van der Waals surface area (Å²) < 4.78 is 12.9. The van der Waals surface area contributed by atoms with E-state index in [0.29, 0.717) is 5.56 Å². The van der Waals surface area contributed by atoms with Crippen molar-refractivity contribution in [2.24, 2.45) is 0 Å². The van der Waals surface area contributed by atoms with Gasteiger partial charge in [0.05, 0.1) is 6.04 Å². The second-order valence-electron chi connectivity index (χ2n) is 4.29. The highest BCUT2D eigenvalue weighted by Gasteiger charge is 2.15. The summed E-state index contributed by atoms with van der Waals surface area (Å²) in [5.74, 6) is 0.340. The first-order valence-corrected chi connectivity index (χ1v) is 5.81. The number of benzene rings is 1. The molecular formula is C13H16FN3O. The second kappa shape index (κ2) is 5.18. The molecule has 1 aromatic carbocycles. The number of imidazole rings is 1. The number of nitrogens with one attached hydrogen (secondary N) is 2. The van der Waals surface area contributed by atoms with Crippen molar-refractivity contribution in [2.75, 3.05) is 0 Å². The van der Waals surface area contributed by atoms with E-state index >= 15 is 0 Å². The summed E-state index contributed by atoms with van der Waals surface area (Å²) in [6, 6.07) is 3.94. The van der Waals surface area contributed by atoms with E-state index in [9.17, 15) is 9.50 Å². The minimum Gasteiger partial charge on any atom is -0.508 e. The molecule has 4 nitrogen and oxygen atoms in total. The molecule has 0 spiro atoms. The van der Waals surface area contributed by atoms with Crippen molar-refractivity contribution in [3.05, 3.63) is 47.8 Å². The van der Waals surface area contributed by atoms with Crippen LogP contribution in [0.15, 0.2) is 30.6 Å². The maximum absolute atomic E-state index is 12.9. The van der Waals surface area contributed by atoms with Crippen molar-refractivity contribution in [1.29, 1.82) is 0 Å². The molecule has 96 valence electrons. The number of phenolic OH excluding ortho intramolecular Hbond substituents is 1. The van der Waals surface area contributed by atoms with Gasteiger partial charge in [-0.2, -0.15) is 0 Å². The summed E-state index contributed by atoms with van der Waals surface area (Å²) in [6.45, 7) is 3.88. The van der Waals surface area contributed by atoms with Crippen LogP contribution in [-0.2, 0) is 0 Å². The summed E-state index contributed by atoms with van der Waals surface area (Å²) in [4.78, 5) is 7.18. The Morgan fingerprint density at radius 3 is 2.72 bits per heavy atom. The number of rotatable bonds is 4. The Bertz CT molecular complexity index is 513. The van der Waals surface area contributed by atoms with Crippen LogP contribution in [0, 0.1) is 5.82 Å². The number of aromatic amines is 1. The van der Waals surface area contributed by atoms with Gasteiger partial charge < -0.3 is 15.4 Å².